The van der Waals surface area contributed by atoms with Crippen LogP contribution in [0, 0.1) is 18.6 Å². The van der Waals surface area contributed by atoms with E-state index in [0.717, 1.165) is 23.5 Å². The summed E-state index contributed by atoms with van der Waals surface area (Å²) in [7, 11) is 0. The van der Waals surface area contributed by atoms with E-state index in [1.165, 1.54) is 4.80 Å². The van der Waals surface area contributed by atoms with Crippen LogP contribution in [0.3, 0.4) is 0 Å². The number of hydrogen-bond acceptors (Lipinski definition) is 5. The number of hydrogen-bond donors (Lipinski definition) is 1. The highest BCUT2D eigenvalue weighted by atomic mass is 32.1. The Morgan fingerprint density at radius 2 is 1.86 bits per heavy atom. The van der Waals surface area contributed by atoms with E-state index in [0.29, 0.717) is 23.7 Å². The maximum Gasteiger partial charge on any atom is 0.347 e. The van der Waals surface area contributed by atoms with E-state index in [4.69, 9.17) is 5.11 Å². The normalized spacial score (nSPS) is 11.2. The van der Waals surface area contributed by atoms with Crippen LogP contribution < -0.4 is 0 Å². The maximum absolute atomic E-state index is 13.1. The summed E-state index contributed by atoms with van der Waals surface area (Å²) in [6.07, 6.45) is 0.435. The number of carboxylic acid groups (broad SMARTS) is 1. The molecule has 22 heavy (non-hydrogen) atoms. The minimum Gasteiger partial charge on any atom is -0.477 e. The molecular weight excluding hydrogens is 314 g/mol. The van der Waals surface area contributed by atoms with E-state index >= 15 is 0 Å². The minimum absolute atomic E-state index is 0.206. The fourth-order valence-corrected chi connectivity index (χ4v) is 2.90. The first-order valence-electron chi connectivity index (χ1n) is 6.33. The molecule has 0 atom stereocenters. The second-order valence-corrected chi connectivity index (χ2v) is 5.71. The summed E-state index contributed by atoms with van der Waals surface area (Å²) in [5.41, 5.74) is 0.996. The van der Waals surface area contributed by atoms with Crippen molar-refractivity contribution in [3.05, 3.63) is 39.3 Å². The highest BCUT2D eigenvalue weighted by molar-refractivity contribution is 7.13. The van der Waals surface area contributed by atoms with Gasteiger partial charge in [-0.2, -0.15) is 15.0 Å². The first-order valence-corrected chi connectivity index (χ1v) is 7.15. The highest BCUT2D eigenvalue weighted by Crippen LogP contribution is 2.19. The van der Waals surface area contributed by atoms with E-state index in [9.17, 15) is 13.6 Å². The molecule has 0 saturated carbocycles. The molecule has 3 rings (SSSR count). The average molecular weight is 324 g/mol. The Kier molecular flexibility index (Phi) is 3.57. The lowest BCUT2D eigenvalue weighted by Gasteiger charge is -1.95. The van der Waals surface area contributed by atoms with Crippen LogP contribution >= 0.6 is 11.3 Å². The summed E-state index contributed by atoms with van der Waals surface area (Å²) in [5.74, 6) is -2.95. The lowest BCUT2D eigenvalue weighted by Crippen LogP contribution is -2.04. The second kappa shape index (κ2) is 5.41. The number of halogens is 2. The Labute approximate surface area is 127 Å². The summed E-state index contributed by atoms with van der Waals surface area (Å²) in [5, 5.41) is 17.7. The molecule has 0 aliphatic heterocycles. The van der Waals surface area contributed by atoms with Crippen LogP contribution in [0.2, 0.25) is 0 Å². The zero-order valence-electron chi connectivity index (χ0n) is 11.4. The molecule has 0 aliphatic rings. The zero-order valence-corrected chi connectivity index (χ0v) is 12.2. The fraction of sp³-hybridized carbons (Fsp3) is 0.231. The topological polar surface area (TPSA) is 80.9 Å². The summed E-state index contributed by atoms with van der Waals surface area (Å²) >= 11 is 1.10. The standard InChI is InChI=1S/C13H10F2N4O2S/c1-6-12(13(20)21)22-11(16-6)2-3-19-17-9-4-7(14)8(15)5-10(9)18-19/h4-5H,2-3H2,1H3,(H,20,21). The van der Waals surface area contributed by atoms with Crippen molar-refractivity contribution in [2.75, 3.05) is 0 Å². The molecule has 2 heterocycles. The van der Waals surface area contributed by atoms with E-state index in [1.807, 2.05) is 0 Å². The molecule has 1 N–H and O–H groups in total. The van der Waals surface area contributed by atoms with Gasteiger partial charge in [0.05, 0.1) is 17.2 Å². The van der Waals surface area contributed by atoms with E-state index in [2.05, 4.69) is 15.2 Å². The Hall–Kier alpha value is -2.42. The third-order valence-electron chi connectivity index (χ3n) is 3.02. The lowest BCUT2D eigenvalue weighted by molar-refractivity contribution is 0.0701. The van der Waals surface area contributed by atoms with Gasteiger partial charge in [0.25, 0.3) is 0 Å². The molecule has 0 bridgehead atoms. The predicted molar refractivity (Wildman–Crippen MR) is 75.0 cm³/mol. The minimum atomic E-state index is -1.00. The first kappa shape index (κ1) is 14.5. The molecule has 0 fully saturated rings. The number of fused-ring (bicyclic) bond motifs is 1. The van der Waals surface area contributed by atoms with Crippen LogP contribution in [-0.2, 0) is 13.0 Å². The Bertz CT molecular complexity index is 835. The zero-order chi connectivity index (χ0) is 15.9. The Morgan fingerprint density at radius 1 is 1.27 bits per heavy atom. The first-order chi connectivity index (χ1) is 10.4. The molecular formula is C13H10F2N4O2S. The summed E-state index contributed by atoms with van der Waals surface area (Å²) < 4.78 is 26.2. The number of nitrogens with zero attached hydrogens (tertiary/aromatic N) is 4. The van der Waals surface area contributed by atoms with Gasteiger partial charge < -0.3 is 5.11 Å². The molecule has 9 heteroatoms. The van der Waals surface area contributed by atoms with Gasteiger partial charge in [0.2, 0.25) is 0 Å². The number of rotatable bonds is 4. The fourth-order valence-electron chi connectivity index (χ4n) is 2.01. The van der Waals surface area contributed by atoms with Crippen molar-refractivity contribution in [2.24, 2.45) is 0 Å². The van der Waals surface area contributed by atoms with Gasteiger partial charge in [-0.15, -0.1) is 11.3 Å². The summed E-state index contributed by atoms with van der Waals surface area (Å²) in [6, 6.07) is 1.98. The van der Waals surface area contributed by atoms with Crippen molar-refractivity contribution in [3.63, 3.8) is 0 Å². The summed E-state index contributed by atoms with van der Waals surface area (Å²) in [4.78, 5) is 16.7. The number of aromatic carboxylic acids is 1. The molecule has 6 nitrogen and oxygen atoms in total. The molecule has 0 amide bonds. The molecule has 0 spiro atoms. The Morgan fingerprint density at radius 3 is 2.36 bits per heavy atom. The van der Waals surface area contributed by atoms with E-state index in [1.54, 1.807) is 6.92 Å². The predicted octanol–water partition coefficient (Wildman–Crippen LogP) is 2.42. The van der Waals surface area contributed by atoms with Crippen LogP contribution in [0.5, 0.6) is 0 Å². The van der Waals surface area contributed by atoms with Crippen LogP contribution in [0.1, 0.15) is 20.4 Å². The Balaban J connectivity index is 1.79. The van der Waals surface area contributed by atoms with Crippen molar-refractivity contribution >= 4 is 28.3 Å². The molecule has 0 aliphatic carbocycles. The van der Waals surface area contributed by atoms with Crippen molar-refractivity contribution in [3.8, 4) is 0 Å². The number of aryl methyl sites for hydroxylation is 3. The van der Waals surface area contributed by atoms with E-state index in [-0.39, 0.29) is 15.9 Å². The van der Waals surface area contributed by atoms with Crippen LogP contribution in [0.15, 0.2) is 12.1 Å². The number of carboxylic acids is 1. The van der Waals surface area contributed by atoms with Gasteiger partial charge in [-0.1, -0.05) is 0 Å². The van der Waals surface area contributed by atoms with Gasteiger partial charge in [-0.3, -0.25) is 0 Å². The van der Waals surface area contributed by atoms with Gasteiger partial charge in [0.1, 0.15) is 15.9 Å². The summed E-state index contributed by atoms with van der Waals surface area (Å²) in [6.45, 7) is 1.97. The third kappa shape index (κ3) is 2.67. The quantitative estimate of drug-likeness (QED) is 0.797. The number of thiazole rings is 1. The maximum atomic E-state index is 13.1. The number of aromatic nitrogens is 4. The SMILES string of the molecule is Cc1nc(CCn2nc3cc(F)c(F)cc3n2)sc1C(=O)O. The monoisotopic (exact) mass is 324 g/mol. The van der Waals surface area contributed by atoms with Gasteiger partial charge >= 0.3 is 5.97 Å². The smallest absolute Gasteiger partial charge is 0.347 e. The van der Waals surface area contributed by atoms with Gasteiger partial charge in [-0.25, -0.2) is 18.6 Å². The van der Waals surface area contributed by atoms with E-state index < -0.39 is 17.6 Å². The van der Waals surface area contributed by atoms with Crippen molar-refractivity contribution in [2.45, 2.75) is 19.9 Å². The average Bonchev–Trinajstić information content (AvgIpc) is 3.00. The molecule has 0 radical (unpaired) electrons. The number of benzene rings is 1. The second-order valence-electron chi connectivity index (χ2n) is 4.63. The highest BCUT2D eigenvalue weighted by Gasteiger charge is 2.14. The van der Waals surface area contributed by atoms with Gasteiger partial charge in [-0.05, 0) is 6.92 Å². The van der Waals surface area contributed by atoms with Crippen molar-refractivity contribution in [1.29, 1.82) is 0 Å². The molecule has 0 unspecified atom stereocenters. The van der Waals surface area contributed by atoms with Gasteiger partial charge in [0, 0.05) is 18.6 Å². The van der Waals surface area contributed by atoms with Crippen molar-refractivity contribution < 1.29 is 18.7 Å². The number of carbonyl (C=O) groups is 1. The van der Waals surface area contributed by atoms with Crippen LogP contribution in [0.4, 0.5) is 8.78 Å². The van der Waals surface area contributed by atoms with Crippen LogP contribution in [-0.4, -0.2) is 31.1 Å². The van der Waals surface area contributed by atoms with Crippen molar-refractivity contribution in [1.82, 2.24) is 20.0 Å². The largest absolute Gasteiger partial charge is 0.477 e. The molecule has 3 aromatic rings. The molecule has 1 aromatic carbocycles. The molecule has 0 saturated heterocycles. The van der Waals surface area contributed by atoms with Gasteiger partial charge in [0.15, 0.2) is 11.6 Å². The molecule has 114 valence electrons. The lowest BCUT2D eigenvalue weighted by atomic mass is 10.3. The third-order valence-corrected chi connectivity index (χ3v) is 4.23. The molecule has 2 aromatic heterocycles. The van der Waals surface area contributed by atoms with Crippen LogP contribution in [0.25, 0.3) is 11.0 Å².